The maximum Gasteiger partial charge on any atom is 0.191 e. The van der Waals surface area contributed by atoms with E-state index in [2.05, 4.69) is 60.9 Å². The molecule has 0 heterocycles. The van der Waals surface area contributed by atoms with E-state index in [0.29, 0.717) is 5.11 Å². The van der Waals surface area contributed by atoms with Crippen molar-refractivity contribution in [3.05, 3.63) is 64.2 Å². The van der Waals surface area contributed by atoms with Crippen molar-refractivity contribution in [3.8, 4) is 0 Å². The summed E-state index contributed by atoms with van der Waals surface area (Å²) in [5.74, 6) is 0. The third-order valence-corrected chi connectivity index (χ3v) is 4.56. The number of anilines is 1. The van der Waals surface area contributed by atoms with E-state index in [1.165, 1.54) is 27.8 Å². The van der Waals surface area contributed by atoms with Crippen molar-refractivity contribution in [2.24, 2.45) is 5.10 Å². The largest absolute Gasteiger partial charge is 0.331 e. The second-order valence-electron chi connectivity index (χ2n) is 6.45. The first-order valence-electron chi connectivity index (χ1n) is 8.33. The van der Waals surface area contributed by atoms with E-state index in [-0.39, 0.29) is 0 Å². The second kappa shape index (κ2) is 7.14. The van der Waals surface area contributed by atoms with Crippen LogP contribution in [0.1, 0.15) is 40.7 Å². The van der Waals surface area contributed by atoms with Gasteiger partial charge < -0.3 is 5.32 Å². The number of hydrogen-bond acceptors (Lipinski definition) is 2. The summed E-state index contributed by atoms with van der Waals surface area (Å²) in [6.07, 6.45) is 3.25. The van der Waals surface area contributed by atoms with Gasteiger partial charge in [-0.25, -0.2) is 0 Å². The normalized spacial score (nSPS) is 15.0. The highest BCUT2D eigenvalue weighted by atomic mass is 32.1. The van der Waals surface area contributed by atoms with Gasteiger partial charge in [0.05, 0.1) is 5.71 Å². The number of aryl methyl sites for hydroxylation is 3. The third kappa shape index (κ3) is 3.82. The fourth-order valence-electron chi connectivity index (χ4n) is 3.18. The van der Waals surface area contributed by atoms with Gasteiger partial charge in [0.15, 0.2) is 5.11 Å². The van der Waals surface area contributed by atoms with Crippen molar-refractivity contribution in [1.29, 1.82) is 0 Å². The first-order chi connectivity index (χ1) is 11.5. The number of hydrogen-bond donors (Lipinski definition) is 2. The van der Waals surface area contributed by atoms with Gasteiger partial charge in [0.25, 0.3) is 0 Å². The molecule has 2 aromatic rings. The molecule has 3 nitrogen and oxygen atoms in total. The SMILES string of the molecule is Cc1ccc(NC(=S)NN=C2CCCc3c(C)cc(C)cc32)cc1. The van der Waals surface area contributed by atoms with Crippen LogP contribution in [0.3, 0.4) is 0 Å². The Bertz CT molecular complexity index is 791. The standard InChI is InChI=1S/C20H23N3S/c1-13-7-9-16(10-8-13)21-20(24)23-22-19-6-4-5-17-15(3)11-14(2)12-18(17)19/h7-12H,4-6H2,1-3H3,(H2,21,23,24). The molecule has 4 heteroatoms. The fraction of sp³-hybridized carbons (Fsp3) is 0.300. The first kappa shape index (κ1) is 16.7. The van der Waals surface area contributed by atoms with Crippen LogP contribution in [-0.2, 0) is 6.42 Å². The van der Waals surface area contributed by atoms with E-state index in [4.69, 9.17) is 12.2 Å². The summed E-state index contributed by atoms with van der Waals surface area (Å²) in [6, 6.07) is 12.6. The van der Waals surface area contributed by atoms with Crippen LogP contribution in [0.25, 0.3) is 0 Å². The summed E-state index contributed by atoms with van der Waals surface area (Å²) in [5, 5.41) is 8.27. The van der Waals surface area contributed by atoms with Crippen molar-refractivity contribution in [1.82, 2.24) is 5.43 Å². The molecular formula is C20H23N3S. The summed E-state index contributed by atoms with van der Waals surface area (Å²) >= 11 is 5.36. The quantitative estimate of drug-likeness (QED) is 0.619. The van der Waals surface area contributed by atoms with E-state index in [1.807, 2.05) is 12.1 Å². The van der Waals surface area contributed by atoms with Crippen LogP contribution in [0.5, 0.6) is 0 Å². The zero-order chi connectivity index (χ0) is 17.1. The van der Waals surface area contributed by atoms with Gasteiger partial charge in [-0.3, -0.25) is 5.43 Å². The van der Waals surface area contributed by atoms with E-state index in [0.717, 1.165) is 30.7 Å². The highest BCUT2D eigenvalue weighted by Crippen LogP contribution is 2.26. The molecule has 0 aromatic heterocycles. The Morgan fingerprint density at radius 2 is 1.75 bits per heavy atom. The van der Waals surface area contributed by atoms with E-state index in [1.54, 1.807) is 0 Å². The van der Waals surface area contributed by atoms with Crippen LogP contribution < -0.4 is 10.7 Å². The Balaban J connectivity index is 1.74. The van der Waals surface area contributed by atoms with Crippen LogP contribution >= 0.6 is 12.2 Å². The molecule has 0 unspecified atom stereocenters. The van der Waals surface area contributed by atoms with Gasteiger partial charge in [-0.05, 0) is 81.6 Å². The summed E-state index contributed by atoms with van der Waals surface area (Å²) in [7, 11) is 0. The Morgan fingerprint density at radius 3 is 2.50 bits per heavy atom. The maximum absolute atomic E-state index is 5.36. The van der Waals surface area contributed by atoms with Gasteiger partial charge in [-0.15, -0.1) is 0 Å². The zero-order valence-electron chi connectivity index (χ0n) is 14.4. The molecule has 0 fully saturated rings. The van der Waals surface area contributed by atoms with Crippen LogP contribution in [-0.4, -0.2) is 10.8 Å². The molecule has 2 N–H and O–H groups in total. The number of thiocarbonyl (C=S) groups is 1. The number of nitrogens with zero attached hydrogens (tertiary/aromatic N) is 1. The van der Waals surface area contributed by atoms with Crippen molar-refractivity contribution < 1.29 is 0 Å². The highest BCUT2D eigenvalue weighted by molar-refractivity contribution is 7.80. The van der Waals surface area contributed by atoms with Crippen LogP contribution in [0.2, 0.25) is 0 Å². The number of rotatable bonds is 2. The smallest absolute Gasteiger partial charge is 0.191 e. The lowest BCUT2D eigenvalue weighted by molar-refractivity contribution is 0.821. The topological polar surface area (TPSA) is 36.4 Å². The molecule has 0 bridgehead atoms. The van der Waals surface area contributed by atoms with Gasteiger partial charge in [-0.1, -0.05) is 29.3 Å². The molecule has 1 aliphatic rings. The molecule has 0 spiro atoms. The van der Waals surface area contributed by atoms with Crippen molar-refractivity contribution in [2.75, 3.05) is 5.32 Å². The fourth-order valence-corrected chi connectivity index (χ4v) is 3.35. The van der Waals surface area contributed by atoms with E-state index in [9.17, 15) is 0 Å². The molecule has 0 saturated carbocycles. The van der Waals surface area contributed by atoms with Gasteiger partial charge in [0.1, 0.15) is 0 Å². The molecule has 3 rings (SSSR count). The lowest BCUT2D eigenvalue weighted by atomic mass is 9.86. The van der Waals surface area contributed by atoms with E-state index < -0.39 is 0 Å². The summed E-state index contributed by atoms with van der Waals surface area (Å²) in [6.45, 7) is 6.39. The molecule has 0 atom stereocenters. The average Bonchev–Trinajstić information content (AvgIpc) is 2.55. The van der Waals surface area contributed by atoms with Crippen LogP contribution in [0, 0.1) is 20.8 Å². The number of benzene rings is 2. The van der Waals surface area contributed by atoms with Gasteiger partial charge in [0.2, 0.25) is 0 Å². The zero-order valence-corrected chi connectivity index (χ0v) is 15.3. The maximum atomic E-state index is 5.36. The minimum absolute atomic E-state index is 0.517. The number of fused-ring (bicyclic) bond motifs is 1. The van der Waals surface area contributed by atoms with Gasteiger partial charge in [-0.2, -0.15) is 5.10 Å². The summed E-state index contributed by atoms with van der Waals surface area (Å²) in [5.41, 5.74) is 11.6. The van der Waals surface area contributed by atoms with Crippen LogP contribution in [0.4, 0.5) is 5.69 Å². The van der Waals surface area contributed by atoms with Crippen molar-refractivity contribution >= 4 is 28.7 Å². The molecule has 0 radical (unpaired) electrons. The molecule has 24 heavy (non-hydrogen) atoms. The Labute approximate surface area is 149 Å². The molecular weight excluding hydrogens is 314 g/mol. The molecule has 124 valence electrons. The first-order valence-corrected chi connectivity index (χ1v) is 8.74. The average molecular weight is 337 g/mol. The van der Waals surface area contributed by atoms with Gasteiger partial charge >= 0.3 is 0 Å². The summed E-state index contributed by atoms with van der Waals surface area (Å²) < 4.78 is 0. The Kier molecular flexibility index (Phi) is 4.95. The predicted molar refractivity (Wildman–Crippen MR) is 106 cm³/mol. The molecule has 0 aliphatic heterocycles. The Hall–Kier alpha value is -2.20. The molecule has 0 saturated heterocycles. The van der Waals surface area contributed by atoms with Crippen molar-refractivity contribution in [3.63, 3.8) is 0 Å². The highest BCUT2D eigenvalue weighted by Gasteiger charge is 2.17. The minimum Gasteiger partial charge on any atom is -0.331 e. The van der Waals surface area contributed by atoms with E-state index >= 15 is 0 Å². The predicted octanol–water partition coefficient (Wildman–Crippen LogP) is 4.64. The summed E-state index contributed by atoms with van der Waals surface area (Å²) in [4.78, 5) is 0. The minimum atomic E-state index is 0.517. The Morgan fingerprint density at radius 1 is 1.00 bits per heavy atom. The second-order valence-corrected chi connectivity index (χ2v) is 6.86. The lowest BCUT2D eigenvalue weighted by Gasteiger charge is -2.21. The number of hydrazone groups is 1. The van der Waals surface area contributed by atoms with Crippen molar-refractivity contribution in [2.45, 2.75) is 40.0 Å². The van der Waals surface area contributed by atoms with Gasteiger partial charge in [0, 0.05) is 11.3 Å². The molecule has 1 aliphatic carbocycles. The third-order valence-electron chi connectivity index (χ3n) is 4.37. The molecule has 2 aromatic carbocycles. The monoisotopic (exact) mass is 337 g/mol. The lowest BCUT2D eigenvalue weighted by Crippen LogP contribution is -2.26. The number of nitrogens with one attached hydrogen (secondary N) is 2. The molecule has 0 amide bonds. The van der Waals surface area contributed by atoms with Crippen LogP contribution in [0.15, 0.2) is 41.5 Å².